The number of benzene rings is 1. The molecular formula is C11H11Cl2NO4. The average Bonchev–Trinajstić information content (AvgIpc) is 2.35. The van der Waals surface area contributed by atoms with Crippen molar-refractivity contribution in [1.29, 1.82) is 0 Å². The van der Waals surface area contributed by atoms with Gasteiger partial charge in [0.15, 0.2) is 0 Å². The van der Waals surface area contributed by atoms with Crippen molar-refractivity contribution in [2.24, 2.45) is 0 Å². The van der Waals surface area contributed by atoms with Crippen molar-refractivity contribution >= 4 is 40.8 Å². The number of esters is 2. The molecule has 0 radical (unpaired) electrons. The molecule has 0 aliphatic heterocycles. The molecule has 0 saturated carbocycles. The quantitative estimate of drug-likeness (QED) is 0.863. The van der Waals surface area contributed by atoms with Crippen molar-refractivity contribution < 1.29 is 19.1 Å². The van der Waals surface area contributed by atoms with Gasteiger partial charge in [0.2, 0.25) is 0 Å². The standard InChI is InChI=1S/C11H11Cl2NO4/c1-17-9(15)5-14-10-7(11(16)18-2)3-6(12)4-8(10)13/h3-4,14H,5H2,1-2H3. The average molecular weight is 292 g/mol. The molecule has 0 amide bonds. The number of hydrogen-bond donors (Lipinski definition) is 1. The fraction of sp³-hybridized carbons (Fsp3) is 0.273. The van der Waals surface area contributed by atoms with E-state index in [0.717, 1.165) is 0 Å². The molecule has 0 aromatic heterocycles. The number of methoxy groups -OCH3 is 2. The van der Waals surface area contributed by atoms with Crippen molar-refractivity contribution in [1.82, 2.24) is 0 Å². The van der Waals surface area contributed by atoms with E-state index in [-0.39, 0.29) is 22.8 Å². The number of anilines is 1. The van der Waals surface area contributed by atoms with Crippen LogP contribution < -0.4 is 5.32 Å². The molecule has 1 rings (SSSR count). The van der Waals surface area contributed by atoms with Gasteiger partial charge in [-0.3, -0.25) is 4.79 Å². The Balaban J connectivity index is 3.07. The van der Waals surface area contributed by atoms with Gasteiger partial charge >= 0.3 is 11.9 Å². The van der Waals surface area contributed by atoms with Crippen molar-refractivity contribution in [3.05, 3.63) is 27.7 Å². The molecule has 98 valence electrons. The van der Waals surface area contributed by atoms with Crippen LogP contribution in [0.15, 0.2) is 12.1 Å². The molecule has 0 unspecified atom stereocenters. The minimum absolute atomic E-state index is 0.123. The van der Waals surface area contributed by atoms with Crippen LogP contribution in [0.25, 0.3) is 0 Å². The van der Waals surface area contributed by atoms with Gasteiger partial charge in [0.1, 0.15) is 6.54 Å². The third-order valence-corrected chi connectivity index (χ3v) is 2.61. The van der Waals surface area contributed by atoms with E-state index in [9.17, 15) is 9.59 Å². The monoisotopic (exact) mass is 291 g/mol. The largest absolute Gasteiger partial charge is 0.468 e. The minimum atomic E-state index is -0.605. The predicted octanol–water partition coefficient (Wildman–Crippen LogP) is 2.36. The summed E-state index contributed by atoms with van der Waals surface area (Å²) in [6.07, 6.45) is 0. The summed E-state index contributed by atoms with van der Waals surface area (Å²) >= 11 is 11.8. The molecule has 5 nitrogen and oxygen atoms in total. The summed E-state index contributed by atoms with van der Waals surface area (Å²) in [4.78, 5) is 22.6. The summed E-state index contributed by atoms with van der Waals surface area (Å²) in [5.41, 5.74) is 0.428. The van der Waals surface area contributed by atoms with Gasteiger partial charge in [-0.05, 0) is 12.1 Å². The minimum Gasteiger partial charge on any atom is -0.468 e. The molecule has 0 bridgehead atoms. The lowest BCUT2D eigenvalue weighted by Crippen LogP contribution is -2.17. The van der Waals surface area contributed by atoms with E-state index in [1.165, 1.54) is 26.4 Å². The Morgan fingerprint density at radius 1 is 1.22 bits per heavy atom. The Morgan fingerprint density at radius 2 is 1.89 bits per heavy atom. The molecule has 0 spiro atoms. The zero-order chi connectivity index (χ0) is 13.7. The van der Waals surface area contributed by atoms with Gasteiger partial charge in [-0.25, -0.2) is 4.79 Å². The van der Waals surface area contributed by atoms with Crippen LogP contribution in [0.3, 0.4) is 0 Å². The summed E-state index contributed by atoms with van der Waals surface area (Å²) in [5.74, 6) is -1.09. The Morgan fingerprint density at radius 3 is 2.44 bits per heavy atom. The van der Waals surface area contributed by atoms with Crippen molar-refractivity contribution in [2.45, 2.75) is 0 Å². The highest BCUT2D eigenvalue weighted by molar-refractivity contribution is 6.37. The molecule has 0 atom stereocenters. The predicted molar refractivity (Wildman–Crippen MR) is 68.3 cm³/mol. The van der Waals surface area contributed by atoms with E-state index >= 15 is 0 Å². The van der Waals surface area contributed by atoms with Crippen LogP contribution in [0.2, 0.25) is 10.0 Å². The van der Waals surface area contributed by atoms with E-state index in [2.05, 4.69) is 14.8 Å². The Labute approximate surface area is 114 Å². The van der Waals surface area contributed by atoms with Crippen LogP contribution in [-0.4, -0.2) is 32.7 Å². The molecule has 1 aromatic rings. The Bertz CT molecular complexity index is 476. The summed E-state index contributed by atoms with van der Waals surface area (Å²) < 4.78 is 9.08. The number of ether oxygens (including phenoxy) is 2. The van der Waals surface area contributed by atoms with Crippen LogP contribution in [0.4, 0.5) is 5.69 Å². The number of nitrogens with one attached hydrogen (secondary N) is 1. The molecule has 0 fully saturated rings. The maximum Gasteiger partial charge on any atom is 0.340 e. The summed E-state index contributed by atoms with van der Waals surface area (Å²) in [6.45, 7) is -0.123. The van der Waals surface area contributed by atoms with E-state index in [1.54, 1.807) is 0 Å². The van der Waals surface area contributed by atoms with Gasteiger partial charge in [0.25, 0.3) is 0 Å². The van der Waals surface area contributed by atoms with E-state index in [4.69, 9.17) is 23.2 Å². The molecule has 0 aliphatic rings. The van der Waals surface area contributed by atoms with E-state index in [1.807, 2.05) is 0 Å². The van der Waals surface area contributed by atoms with Crippen LogP contribution in [-0.2, 0) is 14.3 Å². The van der Waals surface area contributed by atoms with Crippen LogP contribution in [0, 0.1) is 0 Å². The third kappa shape index (κ3) is 3.51. The normalized spacial score (nSPS) is 9.78. The van der Waals surface area contributed by atoms with Gasteiger partial charge in [-0.15, -0.1) is 0 Å². The van der Waals surface area contributed by atoms with Crippen molar-refractivity contribution in [3.63, 3.8) is 0 Å². The molecule has 1 aromatic carbocycles. The number of hydrogen-bond acceptors (Lipinski definition) is 5. The van der Waals surface area contributed by atoms with Crippen molar-refractivity contribution in [2.75, 3.05) is 26.1 Å². The Kier molecular flexibility index (Phi) is 5.25. The fourth-order valence-electron chi connectivity index (χ4n) is 1.26. The Hall–Kier alpha value is -1.46. The van der Waals surface area contributed by atoms with Gasteiger partial charge in [0.05, 0.1) is 30.5 Å². The lowest BCUT2D eigenvalue weighted by atomic mass is 10.1. The van der Waals surface area contributed by atoms with Gasteiger partial charge in [0, 0.05) is 5.02 Å². The topological polar surface area (TPSA) is 64.6 Å². The maximum absolute atomic E-state index is 11.6. The fourth-order valence-corrected chi connectivity index (χ4v) is 1.82. The molecule has 7 heteroatoms. The smallest absolute Gasteiger partial charge is 0.340 e. The van der Waals surface area contributed by atoms with Crippen LogP contribution in [0.1, 0.15) is 10.4 Å². The highest BCUT2D eigenvalue weighted by Crippen LogP contribution is 2.30. The molecular weight excluding hydrogens is 281 g/mol. The first-order chi connectivity index (χ1) is 8.49. The molecule has 0 heterocycles. The number of rotatable bonds is 4. The van der Waals surface area contributed by atoms with Gasteiger partial charge in [-0.2, -0.15) is 0 Å². The van der Waals surface area contributed by atoms with Gasteiger partial charge < -0.3 is 14.8 Å². The lowest BCUT2D eigenvalue weighted by molar-refractivity contribution is -0.138. The first-order valence-electron chi connectivity index (χ1n) is 4.87. The molecule has 0 aliphatic carbocycles. The zero-order valence-electron chi connectivity index (χ0n) is 9.75. The lowest BCUT2D eigenvalue weighted by Gasteiger charge is -2.12. The molecule has 0 saturated heterocycles. The van der Waals surface area contributed by atoms with Crippen LogP contribution in [0.5, 0.6) is 0 Å². The SMILES string of the molecule is COC(=O)CNc1c(Cl)cc(Cl)cc1C(=O)OC. The maximum atomic E-state index is 11.6. The van der Waals surface area contributed by atoms with Crippen LogP contribution >= 0.6 is 23.2 Å². The summed E-state index contributed by atoms with van der Waals surface area (Å²) in [6, 6.07) is 2.86. The zero-order valence-corrected chi connectivity index (χ0v) is 11.3. The van der Waals surface area contributed by atoms with E-state index in [0.29, 0.717) is 5.02 Å². The molecule has 18 heavy (non-hydrogen) atoms. The first kappa shape index (κ1) is 14.6. The first-order valence-corrected chi connectivity index (χ1v) is 5.63. The molecule has 1 N–H and O–H groups in total. The highest BCUT2D eigenvalue weighted by Gasteiger charge is 2.17. The highest BCUT2D eigenvalue weighted by atomic mass is 35.5. The van der Waals surface area contributed by atoms with Crippen molar-refractivity contribution in [3.8, 4) is 0 Å². The second-order valence-electron chi connectivity index (χ2n) is 3.23. The third-order valence-electron chi connectivity index (χ3n) is 2.10. The number of carbonyl (C=O) groups excluding carboxylic acids is 2. The number of carbonyl (C=O) groups is 2. The summed E-state index contributed by atoms with van der Waals surface area (Å²) in [7, 11) is 2.50. The van der Waals surface area contributed by atoms with Gasteiger partial charge in [-0.1, -0.05) is 23.2 Å². The summed E-state index contributed by atoms with van der Waals surface area (Å²) in [5, 5.41) is 3.22. The second-order valence-corrected chi connectivity index (χ2v) is 4.08. The number of halogens is 2. The van der Waals surface area contributed by atoms with E-state index < -0.39 is 11.9 Å². The second kappa shape index (κ2) is 6.47.